The van der Waals surface area contributed by atoms with Crippen molar-refractivity contribution < 1.29 is 28.6 Å². The lowest BCUT2D eigenvalue weighted by atomic mass is 10.0. The summed E-state index contributed by atoms with van der Waals surface area (Å²) in [4.78, 5) is 36.5. The maximum Gasteiger partial charge on any atom is 0.306 e. The maximum atomic E-state index is 12.5. The third kappa shape index (κ3) is 35.7. The minimum absolute atomic E-state index is 0.0703. The summed E-state index contributed by atoms with van der Waals surface area (Å²) in [7, 11) is 0. The Bertz CT molecular complexity index is 708. The fraction of sp³-hybridized carbons (Fsp3) is 0.929. The lowest BCUT2D eigenvalue weighted by Crippen LogP contribution is -2.30. The molecular weight excluding hydrogens is 600 g/mol. The van der Waals surface area contributed by atoms with Crippen molar-refractivity contribution in [2.75, 3.05) is 13.2 Å². The zero-order valence-electron chi connectivity index (χ0n) is 32.3. The molecule has 0 amide bonds. The lowest BCUT2D eigenvalue weighted by Gasteiger charge is -2.18. The Balaban J connectivity index is 3.87. The van der Waals surface area contributed by atoms with E-state index in [1.54, 1.807) is 6.92 Å². The van der Waals surface area contributed by atoms with Crippen LogP contribution in [0.1, 0.15) is 233 Å². The van der Waals surface area contributed by atoms with Crippen LogP contribution in [-0.4, -0.2) is 37.2 Å². The second kappa shape index (κ2) is 38.2. The molecule has 1 atom stereocenters. The summed E-state index contributed by atoms with van der Waals surface area (Å²) < 4.78 is 16.2. The van der Waals surface area contributed by atoms with Crippen LogP contribution in [0.3, 0.4) is 0 Å². The van der Waals surface area contributed by atoms with Gasteiger partial charge in [0.25, 0.3) is 0 Å². The van der Waals surface area contributed by atoms with Crippen LogP contribution < -0.4 is 0 Å². The number of carbonyl (C=O) groups excluding carboxylic acids is 3. The monoisotopic (exact) mass is 681 g/mol. The SMILES string of the molecule is CCCCCCCCCCCCCCCCCC(=O)OC[C@@H](COC(=O)CC)OC(=O)CCCCCCCCCCCCCCCCC. The molecule has 0 aliphatic rings. The van der Waals surface area contributed by atoms with E-state index in [0.717, 1.165) is 38.5 Å². The van der Waals surface area contributed by atoms with Gasteiger partial charge in [0, 0.05) is 19.3 Å². The Hall–Kier alpha value is -1.59. The van der Waals surface area contributed by atoms with Gasteiger partial charge in [-0.3, -0.25) is 14.4 Å². The Labute approximate surface area is 298 Å². The van der Waals surface area contributed by atoms with Gasteiger partial charge in [-0.15, -0.1) is 0 Å². The third-order valence-electron chi connectivity index (χ3n) is 9.42. The molecule has 284 valence electrons. The molecule has 0 saturated heterocycles. The van der Waals surface area contributed by atoms with E-state index in [1.165, 1.54) is 154 Å². The van der Waals surface area contributed by atoms with Gasteiger partial charge in [-0.25, -0.2) is 0 Å². The summed E-state index contributed by atoms with van der Waals surface area (Å²) in [6.07, 6.45) is 38.6. The second-order valence-electron chi connectivity index (χ2n) is 14.2. The van der Waals surface area contributed by atoms with Gasteiger partial charge in [-0.1, -0.05) is 201 Å². The number of ether oxygens (including phenoxy) is 3. The van der Waals surface area contributed by atoms with E-state index in [4.69, 9.17) is 14.2 Å². The maximum absolute atomic E-state index is 12.5. The zero-order valence-corrected chi connectivity index (χ0v) is 32.3. The molecule has 48 heavy (non-hydrogen) atoms. The van der Waals surface area contributed by atoms with Crippen LogP contribution in [0.15, 0.2) is 0 Å². The summed E-state index contributed by atoms with van der Waals surface area (Å²) in [5.74, 6) is -0.960. The first kappa shape index (κ1) is 46.4. The first-order valence-electron chi connectivity index (χ1n) is 21.0. The van der Waals surface area contributed by atoms with E-state index in [2.05, 4.69) is 13.8 Å². The molecule has 0 aromatic carbocycles. The van der Waals surface area contributed by atoms with E-state index in [0.29, 0.717) is 12.8 Å². The van der Waals surface area contributed by atoms with Crippen LogP contribution in [0, 0.1) is 0 Å². The zero-order chi connectivity index (χ0) is 35.2. The van der Waals surface area contributed by atoms with Crippen molar-refractivity contribution in [1.29, 1.82) is 0 Å². The molecule has 0 aromatic heterocycles. The highest BCUT2D eigenvalue weighted by Gasteiger charge is 2.19. The van der Waals surface area contributed by atoms with Gasteiger partial charge in [-0.2, -0.15) is 0 Å². The Kier molecular flexibility index (Phi) is 36.9. The van der Waals surface area contributed by atoms with Crippen molar-refractivity contribution in [3.63, 3.8) is 0 Å². The minimum atomic E-state index is -0.755. The van der Waals surface area contributed by atoms with Crippen LogP contribution in [-0.2, 0) is 28.6 Å². The highest BCUT2D eigenvalue weighted by molar-refractivity contribution is 5.71. The number of hydrogen-bond acceptors (Lipinski definition) is 6. The summed E-state index contributed by atoms with van der Waals surface area (Å²) in [6, 6.07) is 0. The number of esters is 3. The average molecular weight is 681 g/mol. The molecule has 0 saturated carbocycles. The van der Waals surface area contributed by atoms with E-state index in [1.807, 2.05) is 0 Å². The fourth-order valence-electron chi connectivity index (χ4n) is 6.19. The van der Waals surface area contributed by atoms with Gasteiger partial charge >= 0.3 is 17.9 Å². The standard InChI is InChI=1S/C42H80O6/c1-4-7-9-11-13-15-17-19-21-23-25-27-29-31-33-35-41(44)47-38-39(37-46-40(43)6-3)48-42(45)36-34-32-30-28-26-24-22-20-18-16-14-12-10-8-5-2/h39H,4-38H2,1-3H3/t39-/m1/s1. The average Bonchev–Trinajstić information content (AvgIpc) is 3.09. The van der Waals surface area contributed by atoms with Crippen molar-refractivity contribution >= 4 is 17.9 Å². The first-order valence-corrected chi connectivity index (χ1v) is 21.0. The Morgan fingerprint density at radius 3 is 0.938 bits per heavy atom. The van der Waals surface area contributed by atoms with Crippen molar-refractivity contribution in [3.05, 3.63) is 0 Å². The number of carbonyl (C=O) groups is 3. The molecular formula is C42H80O6. The molecule has 0 aliphatic carbocycles. The fourth-order valence-corrected chi connectivity index (χ4v) is 6.19. The van der Waals surface area contributed by atoms with Crippen LogP contribution >= 0.6 is 0 Å². The molecule has 0 rings (SSSR count). The minimum Gasteiger partial charge on any atom is -0.462 e. The van der Waals surface area contributed by atoms with Gasteiger partial charge in [0.2, 0.25) is 0 Å². The third-order valence-corrected chi connectivity index (χ3v) is 9.42. The molecule has 6 nitrogen and oxygen atoms in total. The van der Waals surface area contributed by atoms with Crippen LogP contribution in [0.25, 0.3) is 0 Å². The molecule has 0 unspecified atom stereocenters. The predicted octanol–water partition coefficient (Wildman–Crippen LogP) is 12.9. The lowest BCUT2D eigenvalue weighted by molar-refractivity contribution is -0.166. The van der Waals surface area contributed by atoms with Gasteiger partial charge in [-0.05, 0) is 12.8 Å². The van der Waals surface area contributed by atoms with Crippen LogP contribution in [0.2, 0.25) is 0 Å². The topological polar surface area (TPSA) is 78.9 Å². The molecule has 0 fully saturated rings. The van der Waals surface area contributed by atoms with Crippen molar-refractivity contribution in [2.45, 2.75) is 239 Å². The number of rotatable bonds is 38. The smallest absolute Gasteiger partial charge is 0.306 e. The Morgan fingerprint density at radius 2 is 0.625 bits per heavy atom. The second-order valence-corrected chi connectivity index (χ2v) is 14.2. The van der Waals surface area contributed by atoms with Crippen LogP contribution in [0.4, 0.5) is 0 Å². The van der Waals surface area contributed by atoms with Crippen molar-refractivity contribution in [2.24, 2.45) is 0 Å². The highest BCUT2D eigenvalue weighted by atomic mass is 16.6. The molecule has 0 N–H and O–H groups in total. The molecule has 0 aliphatic heterocycles. The predicted molar refractivity (Wildman–Crippen MR) is 201 cm³/mol. The van der Waals surface area contributed by atoms with Crippen molar-refractivity contribution in [3.8, 4) is 0 Å². The first-order chi connectivity index (χ1) is 23.5. The van der Waals surface area contributed by atoms with Gasteiger partial charge < -0.3 is 14.2 Å². The quantitative estimate of drug-likeness (QED) is 0.0367. The summed E-state index contributed by atoms with van der Waals surface area (Å²) in [6.45, 7) is 6.11. The molecule has 0 heterocycles. The van der Waals surface area contributed by atoms with E-state index in [-0.39, 0.29) is 37.5 Å². The Morgan fingerprint density at radius 1 is 0.354 bits per heavy atom. The number of unbranched alkanes of at least 4 members (excludes halogenated alkanes) is 28. The highest BCUT2D eigenvalue weighted by Crippen LogP contribution is 2.16. The number of hydrogen-bond donors (Lipinski definition) is 0. The molecule has 6 heteroatoms. The summed E-state index contributed by atoms with van der Waals surface area (Å²) >= 11 is 0. The molecule has 0 radical (unpaired) electrons. The van der Waals surface area contributed by atoms with Crippen LogP contribution in [0.5, 0.6) is 0 Å². The van der Waals surface area contributed by atoms with E-state index in [9.17, 15) is 14.4 Å². The molecule has 0 bridgehead atoms. The van der Waals surface area contributed by atoms with Gasteiger partial charge in [0.05, 0.1) is 0 Å². The molecule has 0 spiro atoms. The van der Waals surface area contributed by atoms with Gasteiger partial charge in [0.15, 0.2) is 6.10 Å². The summed E-state index contributed by atoms with van der Waals surface area (Å²) in [5.41, 5.74) is 0. The van der Waals surface area contributed by atoms with Gasteiger partial charge in [0.1, 0.15) is 13.2 Å². The van der Waals surface area contributed by atoms with E-state index < -0.39 is 6.10 Å². The largest absolute Gasteiger partial charge is 0.462 e. The van der Waals surface area contributed by atoms with Crippen molar-refractivity contribution in [1.82, 2.24) is 0 Å². The van der Waals surface area contributed by atoms with E-state index >= 15 is 0 Å². The normalized spacial score (nSPS) is 11.8. The molecule has 0 aromatic rings. The summed E-state index contributed by atoms with van der Waals surface area (Å²) in [5, 5.41) is 0.